The van der Waals surface area contributed by atoms with Gasteiger partial charge in [-0.05, 0) is 32.1 Å². The molecule has 0 bridgehead atoms. The predicted octanol–water partition coefficient (Wildman–Crippen LogP) is 2.05. The van der Waals surface area contributed by atoms with E-state index in [0.717, 1.165) is 29.3 Å². The number of halogens is 1. The van der Waals surface area contributed by atoms with Crippen molar-refractivity contribution < 1.29 is 0 Å². The molecule has 15 heavy (non-hydrogen) atoms. The Morgan fingerprint density at radius 1 is 1.53 bits per heavy atom. The Morgan fingerprint density at radius 3 is 2.73 bits per heavy atom. The van der Waals surface area contributed by atoms with Crippen LogP contribution in [0.5, 0.6) is 0 Å². The van der Waals surface area contributed by atoms with Gasteiger partial charge in [-0.1, -0.05) is 18.0 Å². The smallest absolute Gasteiger partial charge is 0.0847 e. The molecule has 0 aliphatic heterocycles. The lowest BCUT2D eigenvalue weighted by Crippen LogP contribution is -2.26. The van der Waals surface area contributed by atoms with E-state index in [2.05, 4.69) is 5.10 Å². The van der Waals surface area contributed by atoms with E-state index in [1.165, 1.54) is 12.8 Å². The summed E-state index contributed by atoms with van der Waals surface area (Å²) in [5.41, 5.74) is 8.11. The molecule has 1 saturated carbocycles. The summed E-state index contributed by atoms with van der Waals surface area (Å²) in [6.07, 6.45) is 4.60. The van der Waals surface area contributed by atoms with Gasteiger partial charge in [0, 0.05) is 13.1 Å². The van der Waals surface area contributed by atoms with E-state index < -0.39 is 0 Å². The Hall–Kier alpha value is -0.540. The average Bonchev–Trinajstić information content (AvgIpc) is 2.67. The Morgan fingerprint density at radius 2 is 2.27 bits per heavy atom. The van der Waals surface area contributed by atoms with E-state index in [1.54, 1.807) is 0 Å². The van der Waals surface area contributed by atoms with Gasteiger partial charge in [-0.25, -0.2) is 0 Å². The maximum absolute atomic E-state index is 6.22. The SMILES string of the molecule is Cc1nn(C)c(CC2CCCC2N)c1Cl. The molecule has 1 aromatic rings. The van der Waals surface area contributed by atoms with E-state index in [1.807, 2.05) is 18.7 Å². The number of nitrogens with two attached hydrogens (primary N) is 1. The van der Waals surface area contributed by atoms with Gasteiger partial charge in [0.2, 0.25) is 0 Å². The topological polar surface area (TPSA) is 43.8 Å². The molecule has 0 saturated heterocycles. The summed E-state index contributed by atoms with van der Waals surface area (Å²) in [6, 6.07) is 0.344. The van der Waals surface area contributed by atoms with E-state index >= 15 is 0 Å². The summed E-state index contributed by atoms with van der Waals surface area (Å²) >= 11 is 6.22. The van der Waals surface area contributed by atoms with Gasteiger partial charge in [0.1, 0.15) is 0 Å². The second kappa shape index (κ2) is 4.14. The van der Waals surface area contributed by atoms with Crippen molar-refractivity contribution in [1.29, 1.82) is 0 Å². The van der Waals surface area contributed by atoms with Gasteiger partial charge >= 0.3 is 0 Å². The largest absolute Gasteiger partial charge is 0.327 e. The van der Waals surface area contributed by atoms with Crippen molar-refractivity contribution in [2.75, 3.05) is 0 Å². The van der Waals surface area contributed by atoms with E-state index in [4.69, 9.17) is 17.3 Å². The molecule has 1 heterocycles. The van der Waals surface area contributed by atoms with Crippen molar-refractivity contribution in [3.8, 4) is 0 Å². The lowest BCUT2D eigenvalue weighted by Gasteiger charge is -2.15. The molecule has 84 valence electrons. The van der Waals surface area contributed by atoms with Crippen molar-refractivity contribution in [1.82, 2.24) is 9.78 Å². The van der Waals surface area contributed by atoms with Crippen molar-refractivity contribution >= 4 is 11.6 Å². The number of hydrogen-bond donors (Lipinski definition) is 1. The van der Waals surface area contributed by atoms with Crippen LogP contribution < -0.4 is 5.73 Å². The van der Waals surface area contributed by atoms with Crippen LogP contribution in [0.25, 0.3) is 0 Å². The lowest BCUT2D eigenvalue weighted by molar-refractivity contribution is 0.463. The summed E-state index contributed by atoms with van der Waals surface area (Å²) in [7, 11) is 1.95. The third-order valence-electron chi connectivity index (χ3n) is 3.44. The number of hydrogen-bond acceptors (Lipinski definition) is 2. The molecular weight excluding hydrogens is 210 g/mol. The maximum Gasteiger partial charge on any atom is 0.0847 e. The highest BCUT2D eigenvalue weighted by Crippen LogP contribution is 2.30. The Kier molecular flexibility index (Phi) is 3.03. The molecule has 2 unspecified atom stereocenters. The molecule has 2 N–H and O–H groups in total. The van der Waals surface area contributed by atoms with Crippen LogP contribution in [-0.4, -0.2) is 15.8 Å². The van der Waals surface area contributed by atoms with Crippen LogP contribution in [0.2, 0.25) is 5.02 Å². The predicted molar refractivity (Wildman–Crippen MR) is 62.0 cm³/mol. The third kappa shape index (κ3) is 2.04. The second-order valence-corrected chi connectivity index (χ2v) is 4.91. The molecule has 1 aromatic heterocycles. The molecule has 0 spiro atoms. The minimum Gasteiger partial charge on any atom is -0.327 e. The van der Waals surface area contributed by atoms with Crippen LogP contribution in [0.1, 0.15) is 30.7 Å². The number of rotatable bonds is 2. The molecule has 0 aromatic carbocycles. The van der Waals surface area contributed by atoms with Crippen LogP contribution >= 0.6 is 11.6 Å². The first-order chi connectivity index (χ1) is 7.09. The summed E-state index contributed by atoms with van der Waals surface area (Å²) < 4.78 is 1.89. The quantitative estimate of drug-likeness (QED) is 0.841. The molecule has 1 fully saturated rings. The molecule has 0 amide bonds. The molecule has 4 heteroatoms. The van der Waals surface area contributed by atoms with Gasteiger partial charge < -0.3 is 5.73 Å². The Bertz CT molecular complexity index is 359. The number of aryl methyl sites for hydroxylation is 2. The molecule has 1 aliphatic rings. The van der Waals surface area contributed by atoms with Crippen LogP contribution in [0.3, 0.4) is 0 Å². The molecular formula is C11H18ClN3. The normalized spacial score (nSPS) is 26.1. The summed E-state index contributed by atoms with van der Waals surface area (Å²) in [5, 5.41) is 5.14. The highest BCUT2D eigenvalue weighted by molar-refractivity contribution is 6.31. The zero-order valence-corrected chi connectivity index (χ0v) is 10.1. The standard InChI is InChI=1S/C11H18ClN3/c1-7-11(12)10(15(2)14-7)6-8-4-3-5-9(8)13/h8-9H,3-6,13H2,1-2H3. The molecule has 2 rings (SSSR count). The van der Waals surface area contributed by atoms with Gasteiger partial charge in [0.25, 0.3) is 0 Å². The van der Waals surface area contributed by atoms with Crippen molar-refractivity contribution in [3.63, 3.8) is 0 Å². The van der Waals surface area contributed by atoms with Gasteiger partial charge in [-0.15, -0.1) is 0 Å². The van der Waals surface area contributed by atoms with Crippen molar-refractivity contribution in [2.24, 2.45) is 18.7 Å². The summed E-state index contributed by atoms with van der Waals surface area (Å²) in [4.78, 5) is 0. The molecule has 0 radical (unpaired) electrons. The molecule has 2 atom stereocenters. The monoisotopic (exact) mass is 227 g/mol. The van der Waals surface area contributed by atoms with Crippen molar-refractivity contribution in [2.45, 2.75) is 38.6 Å². The third-order valence-corrected chi connectivity index (χ3v) is 3.93. The maximum atomic E-state index is 6.22. The van der Waals surface area contributed by atoms with E-state index in [0.29, 0.717) is 12.0 Å². The van der Waals surface area contributed by atoms with Crippen LogP contribution in [-0.2, 0) is 13.5 Å². The van der Waals surface area contributed by atoms with E-state index in [-0.39, 0.29) is 0 Å². The Balaban J connectivity index is 2.16. The van der Waals surface area contributed by atoms with Crippen LogP contribution in [0.4, 0.5) is 0 Å². The molecule has 3 nitrogen and oxygen atoms in total. The average molecular weight is 228 g/mol. The first-order valence-corrected chi connectivity index (χ1v) is 5.91. The number of aromatic nitrogens is 2. The van der Waals surface area contributed by atoms with Crippen molar-refractivity contribution in [3.05, 3.63) is 16.4 Å². The highest BCUT2D eigenvalue weighted by Gasteiger charge is 2.26. The highest BCUT2D eigenvalue weighted by atomic mass is 35.5. The van der Waals surface area contributed by atoms with Gasteiger partial charge in [0.15, 0.2) is 0 Å². The number of nitrogens with zero attached hydrogens (tertiary/aromatic N) is 2. The van der Waals surface area contributed by atoms with Gasteiger partial charge in [-0.2, -0.15) is 5.10 Å². The first kappa shape index (κ1) is 11.0. The zero-order valence-electron chi connectivity index (χ0n) is 9.33. The summed E-state index contributed by atoms with van der Waals surface area (Å²) in [6.45, 7) is 1.94. The summed E-state index contributed by atoms with van der Waals surface area (Å²) in [5.74, 6) is 0.581. The fourth-order valence-corrected chi connectivity index (χ4v) is 2.71. The minimum atomic E-state index is 0.344. The van der Waals surface area contributed by atoms with E-state index in [9.17, 15) is 0 Å². The fraction of sp³-hybridized carbons (Fsp3) is 0.727. The zero-order chi connectivity index (χ0) is 11.0. The first-order valence-electron chi connectivity index (χ1n) is 5.53. The Labute approximate surface area is 95.6 Å². The van der Waals surface area contributed by atoms with Gasteiger partial charge in [0.05, 0.1) is 16.4 Å². The molecule has 1 aliphatic carbocycles. The fourth-order valence-electron chi connectivity index (χ4n) is 2.47. The second-order valence-electron chi connectivity index (χ2n) is 4.53. The van der Waals surface area contributed by atoms with Crippen LogP contribution in [0.15, 0.2) is 0 Å². The minimum absolute atomic E-state index is 0.344. The lowest BCUT2D eigenvalue weighted by atomic mass is 9.98. The van der Waals surface area contributed by atoms with Crippen LogP contribution in [0, 0.1) is 12.8 Å². The van der Waals surface area contributed by atoms with Gasteiger partial charge in [-0.3, -0.25) is 4.68 Å².